The first-order valence-electron chi connectivity index (χ1n) is 10.7. The van der Waals surface area contributed by atoms with E-state index in [-0.39, 0.29) is 16.0 Å². The van der Waals surface area contributed by atoms with E-state index in [1.165, 1.54) is 12.4 Å². The van der Waals surface area contributed by atoms with E-state index in [0.717, 1.165) is 38.3 Å². The van der Waals surface area contributed by atoms with E-state index in [1.807, 2.05) is 6.07 Å². The van der Waals surface area contributed by atoms with Crippen LogP contribution in [0, 0.1) is 29.0 Å². The van der Waals surface area contributed by atoms with Gasteiger partial charge < -0.3 is 15.8 Å². The number of anilines is 2. The van der Waals surface area contributed by atoms with Crippen molar-refractivity contribution in [3.05, 3.63) is 57.9 Å². The van der Waals surface area contributed by atoms with Crippen LogP contribution in [0.25, 0.3) is 0 Å². The fraction of sp³-hybridized carbons (Fsp3) is 0.375. The number of benzene rings is 2. The van der Waals surface area contributed by atoms with Gasteiger partial charge in [0.25, 0.3) is 0 Å². The van der Waals surface area contributed by atoms with Crippen LogP contribution in [0.5, 0.6) is 0 Å². The Bertz CT molecular complexity index is 1220. The monoisotopic (exact) mass is 451 g/mol. The number of likely N-dealkylation sites (tertiary alicyclic amines) is 1. The van der Waals surface area contributed by atoms with Gasteiger partial charge in [0.05, 0.1) is 30.6 Å². The summed E-state index contributed by atoms with van der Waals surface area (Å²) in [5.41, 5.74) is 14.3. The van der Waals surface area contributed by atoms with Gasteiger partial charge in [-0.3, -0.25) is 10.6 Å². The molecule has 1 saturated carbocycles. The summed E-state index contributed by atoms with van der Waals surface area (Å²) < 4.78 is 20.1. The first kappa shape index (κ1) is 20.0. The zero-order valence-corrected chi connectivity index (χ0v) is 18.1. The lowest BCUT2D eigenvalue weighted by atomic mass is 9.88. The Labute approximate surface area is 190 Å². The highest BCUT2D eigenvalue weighted by Crippen LogP contribution is 2.58. The van der Waals surface area contributed by atoms with Crippen LogP contribution in [0.1, 0.15) is 23.1 Å². The van der Waals surface area contributed by atoms with Crippen LogP contribution in [0.3, 0.4) is 0 Å². The molecule has 6 nitrogen and oxygen atoms in total. The molecule has 3 heterocycles. The molecule has 2 saturated heterocycles. The third-order valence-electron chi connectivity index (χ3n) is 7.21. The molecular weight excluding hydrogens is 429 g/mol. The van der Waals surface area contributed by atoms with Crippen LogP contribution in [-0.4, -0.2) is 43.6 Å². The third kappa shape index (κ3) is 2.95. The Morgan fingerprint density at radius 1 is 1.28 bits per heavy atom. The largest absolute Gasteiger partial charge is 0.398 e. The van der Waals surface area contributed by atoms with Gasteiger partial charge in [0.15, 0.2) is 5.66 Å². The maximum atomic E-state index is 14.8. The van der Waals surface area contributed by atoms with E-state index in [9.17, 15) is 4.39 Å². The topological polar surface area (TPSA) is 88.9 Å². The lowest BCUT2D eigenvalue weighted by Crippen LogP contribution is -2.49. The first-order valence-corrected chi connectivity index (χ1v) is 11.1. The molecule has 2 aromatic rings. The second kappa shape index (κ2) is 6.93. The molecule has 0 amide bonds. The highest BCUT2D eigenvalue weighted by atomic mass is 35.5. The van der Waals surface area contributed by atoms with Crippen molar-refractivity contribution in [2.45, 2.75) is 18.1 Å². The van der Waals surface area contributed by atoms with E-state index in [2.05, 4.69) is 27.0 Å². The number of hydrogen-bond acceptors (Lipinski definition) is 6. The third-order valence-corrected chi connectivity index (χ3v) is 7.50. The fourth-order valence-corrected chi connectivity index (χ4v) is 5.24. The van der Waals surface area contributed by atoms with Crippen LogP contribution in [0.2, 0.25) is 5.02 Å². The Hall–Kier alpha value is -2.63. The van der Waals surface area contributed by atoms with Gasteiger partial charge in [0, 0.05) is 46.6 Å². The normalized spacial score (nSPS) is 30.5. The van der Waals surface area contributed by atoms with Crippen molar-refractivity contribution in [1.29, 1.82) is 0 Å². The average Bonchev–Trinajstić information content (AvgIpc) is 3.28. The number of halogens is 2. The van der Waals surface area contributed by atoms with E-state index >= 15 is 0 Å². The molecule has 3 fully saturated rings. The predicted octanol–water partition coefficient (Wildman–Crippen LogP) is 2.75. The number of fused-ring (bicyclic) bond motifs is 2. The summed E-state index contributed by atoms with van der Waals surface area (Å²) in [6.07, 6.45) is 2.61. The van der Waals surface area contributed by atoms with Crippen LogP contribution in [0.15, 0.2) is 35.3 Å². The molecule has 164 valence electrons. The lowest BCUT2D eigenvalue weighted by Gasteiger charge is -2.35. The van der Waals surface area contributed by atoms with Gasteiger partial charge in [-0.15, -0.1) is 0 Å². The molecule has 0 bridgehead atoms. The van der Waals surface area contributed by atoms with Gasteiger partial charge in [-0.2, -0.15) is 0 Å². The highest BCUT2D eigenvalue weighted by Gasteiger charge is 2.60. The molecule has 8 heteroatoms. The number of nitrogen functional groups attached to an aromatic ring is 1. The summed E-state index contributed by atoms with van der Waals surface area (Å²) in [5, 5.41) is 3.10. The van der Waals surface area contributed by atoms with Crippen molar-refractivity contribution in [2.24, 2.45) is 22.1 Å². The zero-order valence-electron chi connectivity index (χ0n) is 17.4. The molecule has 4 aliphatic rings. The Morgan fingerprint density at radius 2 is 2.12 bits per heavy atom. The maximum Gasteiger partial charge on any atom is 0.166 e. The summed E-state index contributed by atoms with van der Waals surface area (Å²) in [6, 6.07) is 8.87. The second-order valence-electron chi connectivity index (χ2n) is 9.18. The molecule has 6 rings (SSSR count). The molecule has 0 radical (unpaired) electrons. The molecule has 32 heavy (non-hydrogen) atoms. The number of nitrogens with zero attached hydrogens (tertiary/aromatic N) is 2. The maximum absolute atomic E-state index is 14.8. The van der Waals surface area contributed by atoms with E-state index in [4.69, 9.17) is 27.8 Å². The van der Waals surface area contributed by atoms with Crippen LogP contribution in [-0.2, 0) is 10.4 Å². The second-order valence-corrected chi connectivity index (χ2v) is 9.59. The predicted molar refractivity (Wildman–Crippen MR) is 123 cm³/mol. The summed E-state index contributed by atoms with van der Waals surface area (Å²) >= 11 is 5.99. The van der Waals surface area contributed by atoms with Crippen molar-refractivity contribution in [1.82, 2.24) is 4.90 Å². The van der Waals surface area contributed by atoms with Crippen LogP contribution >= 0.6 is 11.6 Å². The summed E-state index contributed by atoms with van der Waals surface area (Å²) in [6.45, 7) is 3.75. The highest BCUT2D eigenvalue weighted by molar-refractivity contribution is 6.30. The van der Waals surface area contributed by atoms with Crippen LogP contribution in [0.4, 0.5) is 15.8 Å². The average molecular weight is 452 g/mol. The Kier molecular flexibility index (Phi) is 4.33. The van der Waals surface area contributed by atoms with E-state index in [1.54, 1.807) is 18.2 Å². The number of ether oxygens (including phenoxy) is 1. The van der Waals surface area contributed by atoms with E-state index in [0.29, 0.717) is 28.9 Å². The summed E-state index contributed by atoms with van der Waals surface area (Å²) in [4.78, 5) is 6.85. The molecule has 1 aliphatic carbocycles. The van der Waals surface area contributed by atoms with Gasteiger partial charge >= 0.3 is 0 Å². The molecule has 3 aliphatic heterocycles. The summed E-state index contributed by atoms with van der Waals surface area (Å²) in [7, 11) is 0. The zero-order chi connectivity index (χ0) is 22.1. The number of aliphatic imine (C=N–C) groups is 1. The van der Waals surface area contributed by atoms with Gasteiger partial charge in [0.1, 0.15) is 5.82 Å². The number of piperidine rings is 1. The Morgan fingerprint density at radius 3 is 2.91 bits per heavy atom. The van der Waals surface area contributed by atoms with Crippen molar-refractivity contribution in [3.63, 3.8) is 0 Å². The van der Waals surface area contributed by atoms with Crippen molar-refractivity contribution < 1.29 is 9.13 Å². The molecule has 0 spiro atoms. The Balaban J connectivity index is 1.33. The first-order chi connectivity index (χ1) is 15.4. The van der Waals surface area contributed by atoms with Crippen molar-refractivity contribution in [3.8, 4) is 11.8 Å². The minimum atomic E-state index is -1.44. The molecule has 2 aromatic carbocycles. The SMILES string of the molecule is Nc1cc2c(cc1C#CC13CC1CN(C1COC1)C3)NC=NC2(N)c1cccc(Cl)c1F. The van der Waals surface area contributed by atoms with Crippen LogP contribution < -0.4 is 16.8 Å². The molecule has 3 unspecified atom stereocenters. The van der Waals surface area contributed by atoms with E-state index < -0.39 is 11.5 Å². The van der Waals surface area contributed by atoms with Crippen molar-refractivity contribution >= 4 is 29.3 Å². The van der Waals surface area contributed by atoms with Gasteiger partial charge in [-0.25, -0.2) is 9.38 Å². The smallest absolute Gasteiger partial charge is 0.166 e. The minimum absolute atomic E-state index is 0.00428. The van der Waals surface area contributed by atoms with Gasteiger partial charge in [-0.1, -0.05) is 35.6 Å². The quantitative estimate of drug-likeness (QED) is 0.482. The molecule has 3 atom stereocenters. The number of rotatable bonds is 2. The number of nitrogens with two attached hydrogens (primary N) is 2. The molecule has 0 aromatic heterocycles. The standard InChI is InChI=1S/C24H23ClFN5O/c25-19-3-1-2-17(22(19)26)24(28)18-7-20(27)14(6-21(18)29-13-30-24)4-5-23-8-15(23)9-31(12-23)16-10-32-11-16/h1-3,6-7,13,15-16H,8-12,27-28H2,(H,29,30). The minimum Gasteiger partial charge on any atom is -0.398 e. The summed E-state index contributed by atoms with van der Waals surface area (Å²) in [5.74, 6) is 6.87. The lowest BCUT2D eigenvalue weighted by molar-refractivity contribution is -0.0614. The van der Waals surface area contributed by atoms with Gasteiger partial charge in [0.2, 0.25) is 0 Å². The molecule has 5 N–H and O–H groups in total. The van der Waals surface area contributed by atoms with Gasteiger partial charge in [-0.05, 0) is 30.5 Å². The molecular formula is C24H23ClFN5O. The number of hydrogen-bond donors (Lipinski definition) is 3. The number of nitrogens with one attached hydrogen (secondary N) is 1. The fourth-order valence-electron chi connectivity index (χ4n) is 5.07. The van der Waals surface area contributed by atoms with Crippen molar-refractivity contribution in [2.75, 3.05) is 37.4 Å².